The van der Waals surface area contributed by atoms with E-state index >= 15 is 0 Å². The van der Waals surface area contributed by atoms with Crippen LogP contribution in [-0.4, -0.2) is 30.1 Å². The summed E-state index contributed by atoms with van der Waals surface area (Å²) in [5.41, 5.74) is 6.71. The van der Waals surface area contributed by atoms with Crippen LogP contribution >= 0.6 is 0 Å². The lowest BCUT2D eigenvalue weighted by atomic mass is 9.92. The Labute approximate surface area is 151 Å². The van der Waals surface area contributed by atoms with E-state index in [0.717, 1.165) is 12.8 Å². The average molecular weight is 359 g/mol. The third-order valence-electron chi connectivity index (χ3n) is 4.36. The smallest absolute Gasteiger partial charge is 0.237 e. The van der Waals surface area contributed by atoms with E-state index < -0.39 is 6.04 Å². The number of pyridine rings is 1. The number of ether oxygens (including phenoxy) is 2. The van der Waals surface area contributed by atoms with Crippen molar-refractivity contribution >= 4 is 5.91 Å². The maximum Gasteiger partial charge on any atom is 0.237 e. The van der Waals surface area contributed by atoms with Gasteiger partial charge in [0.15, 0.2) is 0 Å². The molecular weight excluding hydrogens is 337 g/mol. The molecule has 0 aliphatic carbocycles. The summed E-state index contributed by atoms with van der Waals surface area (Å²) >= 11 is 0. The summed E-state index contributed by atoms with van der Waals surface area (Å²) in [6.45, 7) is 1.56. The van der Waals surface area contributed by atoms with Crippen LogP contribution < -0.4 is 15.8 Å². The van der Waals surface area contributed by atoms with Crippen LogP contribution in [0.15, 0.2) is 42.6 Å². The van der Waals surface area contributed by atoms with Gasteiger partial charge in [0, 0.05) is 25.5 Å². The maximum absolute atomic E-state index is 12.9. The van der Waals surface area contributed by atoms with E-state index in [1.807, 2.05) is 0 Å². The highest BCUT2D eigenvalue weighted by Gasteiger charge is 2.26. The van der Waals surface area contributed by atoms with Gasteiger partial charge in [0.1, 0.15) is 17.3 Å². The Kier molecular flexibility index (Phi) is 6.14. The third kappa shape index (κ3) is 5.00. The first kappa shape index (κ1) is 18.3. The molecule has 3 rings (SSSR count). The SMILES string of the molecule is NC(C(=O)NCc1cc(Oc2ccc(F)cc2)ccn1)C1CCOCC1. The number of hydrogen-bond acceptors (Lipinski definition) is 5. The minimum Gasteiger partial charge on any atom is -0.457 e. The van der Waals surface area contributed by atoms with Crippen LogP contribution in [-0.2, 0) is 16.1 Å². The van der Waals surface area contributed by atoms with Gasteiger partial charge in [-0.1, -0.05) is 0 Å². The topological polar surface area (TPSA) is 86.5 Å². The molecule has 3 N–H and O–H groups in total. The van der Waals surface area contributed by atoms with Crippen molar-refractivity contribution < 1.29 is 18.7 Å². The van der Waals surface area contributed by atoms with Gasteiger partial charge in [-0.3, -0.25) is 9.78 Å². The summed E-state index contributed by atoms with van der Waals surface area (Å²) < 4.78 is 23.9. The number of halogens is 1. The lowest BCUT2D eigenvalue weighted by Gasteiger charge is -2.26. The van der Waals surface area contributed by atoms with Crippen molar-refractivity contribution in [2.45, 2.75) is 25.4 Å². The predicted molar refractivity (Wildman–Crippen MR) is 94.1 cm³/mol. The molecule has 2 heterocycles. The molecule has 7 heteroatoms. The fraction of sp³-hybridized carbons (Fsp3) is 0.368. The van der Waals surface area contributed by atoms with E-state index in [-0.39, 0.29) is 24.2 Å². The number of carbonyl (C=O) groups excluding carboxylic acids is 1. The second-order valence-electron chi connectivity index (χ2n) is 6.23. The predicted octanol–water partition coefficient (Wildman–Crippen LogP) is 2.38. The molecule has 1 atom stereocenters. The van der Waals surface area contributed by atoms with Crippen LogP contribution in [0.25, 0.3) is 0 Å². The first-order chi connectivity index (χ1) is 12.6. The zero-order valence-electron chi connectivity index (χ0n) is 14.4. The first-order valence-corrected chi connectivity index (χ1v) is 8.61. The Morgan fingerprint density at radius 2 is 2.00 bits per heavy atom. The van der Waals surface area contributed by atoms with E-state index in [1.54, 1.807) is 30.5 Å². The van der Waals surface area contributed by atoms with Crippen molar-refractivity contribution in [1.29, 1.82) is 0 Å². The van der Waals surface area contributed by atoms with Crippen LogP contribution in [0.1, 0.15) is 18.5 Å². The van der Waals surface area contributed by atoms with Crippen LogP contribution in [0, 0.1) is 11.7 Å². The molecular formula is C19H22FN3O3. The Morgan fingerprint density at radius 1 is 1.27 bits per heavy atom. The van der Waals surface area contributed by atoms with Crippen molar-refractivity contribution in [1.82, 2.24) is 10.3 Å². The average Bonchev–Trinajstić information content (AvgIpc) is 2.68. The van der Waals surface area contributed by atoms with Crippen molar-refractivity contribution in [3.63, 3.8) is 0 Å². The molecule has 6 nitrogen and oxygen atoms in total. The maximum atomic E-state index is 12.9. The second-order valence-corrected chi connectivity index (χ2v) is 6.23. The summed E-state index contributed by atoms with van der Waals surface area (Å²) in [7, 11) is 0. The molecule has 1 amide bonds. The van der Waals surface area contributed by atoms with Crippen LogP contribution in [0.2, 0.25) is 0 Å². The minimum absolute atomic E-state index is 0.143. The number of nitrogens with two attached hydrogens (primary N) is 1. The van der Waals surface area contributed by atoms with Gasteiger partial charge in [0.2, 0.25) is 5.91 Å². The van der Waals surface area contributed by atoms with Crippen molar-refractivity contribution in [3.8, 4) is 11.5 Å². The zero-order chi connectivity index (χ0) is 18.4. The Hall–Kier alpha value is -2.51. The van der Waals surface area contributed by atoms with Crippen molar-refractivity contribution in [3.05, 3.63) is 54.1 Å². The van der Waals surface area contributed by atoms with E-state index in [0.29, 0.717) is 30.4 Å². The van der Waals surface area contributed by atoms with E-state index in [4.69, 9.17) is 15.2 Å². The highest BCUT2D eigenvalue weighted by molar-refractivity contribution is 5.81. The summed E-state index contributed by atoms with van der Waals surface area (Å²) in [6, 6.07) is 8.63. The van der Waals surface area contributed by atoms with Gasteiger partial charge >= 0.3 is 0 Å². The fourth-order valence-electron chi connectivity index (χ4n) is 2.84. The normalized spacial score (nSPS) is 16.1. The molecule has 0 radical (unpaired) electrons. The first-order valence-electron chi connectivity index (χ1n) is 8.61. The number of benzene rings is 1. The van der Waals surface area contributed by atoms with E-state index in [9.17, 15) is 9.18 Å². The molecule has 1 saturated heterocycles. The van der Waals surface area contributed by atoms with Gasteiger partial charge in [0.25, 0.3) is 0 Å². The van der Waals surface area contributed by atoms with Gasteiger partial charge in [-0.2, -0.15) is 0 Å². The summed E-state index contributed by atoms with van der Waals surface area (Å²) in [5, 5.41) is 2.82. The monoisotopic (exact) mass is 359 g/mol. The summed E-state index contributed by atoms with van der Waals surface area (Å²) in [4.78, 5) is 16.5. The van der Waals surface area contributed by atoms with Crippen LogP contribution in [0.4, 0.5) is 4.39 Å². The lowest BCUT2D eigenvalue weighted by molar-refractivity contribution is -0.124. The molecule has 1 aromatic heterocycles. The second kappa shape index (κ2) is 8.73. The molecule has 1 aromatic carbocycles. The van der Waals surface area contributed by atoms with Crippen molar-refractivity contribution in [2.24, 2.45) is 11.7 Å². The number of carbonyl (C=O) groups is 1. The zero-order valence-corrected chi connectivity index (χ0v) is 14.4. The Morgan fingerprint density at radius 3 is 2.73 bits per heavy atom. The number of nitrogens with one attached hydrogen (secondary N) is 1. The summed E-state index contributed by atoms with van der Waals surface area (Å²) in [6.07, 6.45) is 3.19. The molecule has 0 saturated carbocycles. The minimum atomic E-state index is -0.544. The molecule has 1 aliphatic heterocycles. The van der Waals surface area contributed by atoms with E-state index in [2.05, 4.69) is 10.3 Å². The van der Waals surface area contributed by atoms with Gasteiger partial charge in [-0.25, -0.2) is 4.39 Å². The third-order valence-corrected chi connectivity index (χ3v) is 4.36. The number of amides is 1. The molecule has 138 valence electrons. The molecule has 0 spiro atoms. The highest BCUT2D eigenvalue weighted by atomic mass is 19.1. The molecule has 26 heavy (non-hydrogen) atoms. The molecule has 0 bridgehead atoms. The molecule has 2 aromatic rings. The van der Waals surface area contributed by atoms with Gasteiger partial charge in [0.05, 0.1) is 18.3 Å². The fourth-order valence-corrected chi connectivity index (χ4v) is 2.84. The molecule has 1 unspecified atom stereocenters. The van der Waals surface area contributed by atoms with Gasteiger partial charge in [-0.05, 0) is 49.1 Å². The Balaban J connectivity index is 1.54. The number of aromatic nitrogens is 1. The van der Waals surface area contributed by atoms with Crippen molar-refractivity contribution in [2.75, 3.05) is 13.2 Å². The van der Waals surface area contributed by atoms with Crippen LogP contribution in [0.5, 0.6) is 11.5 Å². The molecule has 1 fully saturated rings. The number of rotatable bonds is 6. The number of hydrogen-bond donors (Lipinski definition) is 2. The van der Waals surface area contributed by atoms with Gasteiger partial charge in [-0.15, -0.1) is 0 Å². The lowest BCUT2D eigenvalue weighted by Crippen LogP contribution is -2.46. The quantitative estimate of drug-likeness (QED) is 0.827. The van der Waals surface area contributed by atoms with Crippen LogP contribution in [0.3, 0.4) is 0 Å². The van der Waals surface area contributed by atoms with E-state index in [1.165, 1.54) is 12.1 Å². The van der Waals surface area contributed by atoms with Gasteiger partial charge < -0.3 is 20.5 Å². The Bertz CT molecular complexity index is 733. The number of nitrogens with zero attached hydrogens (tertiary/aromatic N) is 1. The highest BCUT2D eigenvalue weighted by Crippen LogP contribution is 2.22. The largest absolute Gasteiger partial charge is 0.457 e. The molecule has 1 aliphatic rings. The standard InChI is InChI=1S/C19H22FN3O3/c20-14-1-3-16(4-2-14)26-17-5-8-22-15(11-17)12-23-19(24)18(21)13-6-9-25-10-7-13/h1-5,8,11,13,18H,6-7,9-10,12,21H2,(H,23,24). The summed E-state index contributed by atoms with van der Waals surface area (Å²) in [5.74, 6) is 0.712.